The Bertz CT molecular complexity index is 1140. The number of rotatable bonds is 10. The number of carbonyl (C=O) groups is 1. The number of amides is 1. The highest BCUT2D eigenvalue weighted by Crippen LogP contribution is 2.26. The molecule has 0 radical (unpaired) electrons. The number of aromatic amines is 1. The second-order valence-electron chi connectivity index (χ2n) is 9.28. The molecule has 190 valence electrons. The second kappa shape index (κ2) is 12.3. The normalized spacial score (nSPS) is 22.5. The van der Waals surface area contributed by atoms with Gasteiger partial charge < -0.3 is 20.3 Å². The van der Waals surface area contributed by atoms with Crippen molar-refractivity contribution < 1.29 is 9.53 Å². The van der Waals surface area contributed by atoms with Gasteiger partial charge in [-0.25, -0.2) is 0 Å². The topological polar surface area (TPSA) is 107 Å². The maximum atomic E-state index is 12.0. The van der Waals surface area contributed by atoms with Crippen LogP contribution in [0.3, 0.4) is 0 Å². The Hall–Kier alpha value is -3.72. The lowest BCUT2D eigenvalue weighted by atomic mass is 9.92. The van der Waals surface area contributed by atoms with Crippen molar-refractivity contribution in [1.82, 2.24) is 25.7 Å². The molecular weight excluding hydrogens is 454 g/mol. The molecule has 4 rings (SSSR count). The van der Waals surface area contributed by atoms with Gasteiger partial charge in [-0.2, -0.15) is 5.10 Å². The van der Waals surface area contributed by atoms with Gasteiger partial charge in [0.1, 0.15) is 11.7 Å². The lowest BCUT2D eigenvalue weighted by Gasteiger charge is -2.29. The Kier molecular flexibility index (Phi) is 8.67. The molecule has 0 saturated heterocycles. The number of amidine groups is 2. The van der Waals surface area contributed by atoms with Gasteiger partial charge >= 0.3 is 0 Å². The molecule has 0 saturated carbocycles. The van der Waals surface area contributed by atoms with Crippen LogP contribution in [0.15, 0.2) is 76.6 Å². The van der Waals surface area contributed by atoms with Gasteiger partial charge in [0, 0.05) is 29.9 Å². The molecule has 1 aromatic rings. The minimum absolute atomic E-state index is 0.00286. The molecular formula is C27H35N7O2. The quantitative estimate of drug-likeness (QED) is 0.345. The number of aliphatic imine (C=N–C) groups is 2. The van der Waals surface area contributed by atoms with Crippen molar-refractivity contribution >= 4 is 17.6 Å². The van der Waals surface area contributed by atoms with Gasteiger partial charge in [-0.15, -0.1) is 0 Å². The number of likely N-dealkylation sites (N-methyl/N-ethyl adjacent to an activating group) is 1. The van der Waals surface area contributed by atoms with E-state index in [-0.39, 0.29) is 24.6 Å². The molecule has 3 N–H and O–H groups in total. The van der Waals surface area contributed by atoms with Crippen molar-refractivity contribution in [2.75, 3.05) is 33.8 Å². The third kappa shape index (κ3) is 6.69. The van der Waals surface area contributed by atoms with Crippen molar-refractivity contribution in [3.8, 4) is 0 Å². The highest BCUT2D eigenvalue weighted by molar-refractivity contribution is 6.18. The molecule has 36 heavy (non-hydrogen) atoms. The number of hydrogen-bond acceptors (Lipinski definition) is 6. The summed E-state index contributed by atoms with van der Waals surface area (Å²) in [6.45, 7) is 5.16. The van der Waals surface area contributed by atoms with Gasteiger partial charge in [0.25, 0.3) is 5.91 Å². The number of nitrogens with zero attached hydrogens (tertiary/aromatic N) is 4. The maximum absolute atomic E-state index is 12.0. The number of carbonyl (C=O) groups excluding carboxylic acids is 1. The summed E-state index contributed by atoms with van der Waals surface area (Å²) in [5.74, 6) is 1.41. The van der Waals surface area contributed by atoms with Crippen LogP contribution in [-0.2, 0) is 22.4 Å². The summed E-state index contributed by atoms with van der Waals surface area (Å²) < 4.78 is 5.48. The number of allylic oxidation sites excluding steroid dienone is 4. The van der Waals surface area contributed by atoms with E-state index in [9.17, 15) is 4.79 Å². The van der Waals surface area contributed by atoms with E-state index in [0.717, 1.165) is 49.2 Å². The van der Waals surface area contributed by atoms with Gasteiger partial charge in [0.05, 0.1) is 24.5 Å². The first-order valence-corrected chi connectivity index (χ1v) is 12.4. The van der Waals surface area contributed by atoms with Crippen molar-refractivity contribution in [3.05, 3.63) is 77.9 Å². The Labute approximate surface area is 212 Å². The van der Waals surface area contributed by atoms with Gasteiger partial charge in [-0.05, 0) is 51.4 Å². The van der Waals surface area contributed by atoms with E-state index in [1.54, 1.807) is 12.2 Å². The van der Waals surface area contributed by atoms with Crippen LogP contribution in [0, 0.1) is 0 Å². The molecule has 9 heteroatoms. The van der Waals surface area contributed by atoms with Gasteiger partial charge in [0.2, 0.25) is 0 Å². The van der Waals surface area contributed by atoms with Crippen LogP contribution in [0.25, 0.3) is 0 Å². The van der Waals surface area contributed by atoms with Crippen LogP contribution in [0.5, 0.6) is 0 Å². The average Bonchev–Trinajstić information content (AvgIpc) is 3.33. The number of fused-ring (bicyclic) bond motifs is 2. The summed E-state index contributed by atoms with van der Waals surface area (Å²) in [6, 6.07) is 0.184. The molecule has 2 unspecified atom stereocenters. The summed E-state index contributed by atoms with van der Waals surface area (Å²) >= 11 is 0. The number of aromatic nitrogens is 2. The number of hydrogen-bond donors (Lipinski definition) is 3. The van der Waals surface area contributed by atoms with E-state index in [0.29, 0.717) is 12.4 Å². The van der Waals surface area contributed by atoms with Crippen LogP contribution in [-0.4, -0.2) is 78.6 Å². The Morgan fingerprint density at radius 1 is 1.42 bits per heavy atom. The predicted molar refractivity (Wildman–Crippen MR) is 143 cm³/mol. The van der Waals surface area contributed by atoms with Crippen LogP contribution in [0.1, 0.15) is 24.1 Å². The molecule has 1 aliphatic heterocycles. The van der Waals surface area contributed by atoms with Crippen LogP contribution < -0.4 is 10.6 Å². The Morgan fingerprint density at radius 2 is 2.31 bits per heavy atom. The first kappa shape index (κ1) is 25.4. The van der Waals surface area contributed by atoms with E-state index in [1.807, 2.05) is 31.3 Å². The maximum Gasteiger partial charge on any atom is 0.257 e. The van der Waals surface area contributed by atoms with Crippen molar-refractivity contribution in [2.24, 2.45) is 9.98 Å². The lowest BCUT2D eigenvalue weighted by Crippen LogP contribution is -2.42. The first-order valence-electron chi connectivity index (χ1n) is 12.4. The van der Waals surface area contributed by atoms with Crippen LogP contribution in [0.4, 0.5) is 0 Å². The van der Waals surface area contributed by atoms with E-state index in [2.05, 4.69) is 45.6 Å². The predicted octanol–water partition coefficient (Wildman–Crippen LogP) is 2.24. The fourth-order valence-corrected chi connectivity index (χ4v) is 4.35. The van der Waals surface area contributed by atoms with Crippen molar-refractivity contribution in [1.29, 1.82) is 0 Å². The molecule has 1 aromatic heterocycles. The minimum Gasteiger partial charge on any atom is -0.491 e. The molecule has 1 amide bonds. The molecule has 0 bridgehead atoms. The zero-order valence-corrected chi connectivity index (χ0v) is 21.0. The summed E-state index contributed by atoms with van der Waals surface area (Å²) in [5, 5.41) is 13.6. The second-order valence-corrected chi connectivity index (χ2v) is 9.28. The molecule has 2 aliphatic carbocycles. The summed E-state index contributed by atoms with van der Waals surface area (Å²) in [5.41, 5.74) is 4.37. The molecule has 3 aliphatic rings. The minimum atomic E-state index is -0.157. The highest BCUT2D eigenvalue weighted by atomic mass is 16.5. The van der Waals surface area contributed by atoms with E-state index < -0.39 is 0 Å². The van der Waals surface area contributed by atoms with E-state index >= 15 is 0 Å². The van der Waals surface area contributed by atoms with Crippen LogP contribution >= 0.6 is 0 Å². The van der Waals surface area contributed by atoms with E-state index in [4.69, 9.17) is 14.7 Å². The van der Waals surface area contributed by atoms with E-state index in [1.165, 1.54) is 17.5 Å². The zero-order chi connectivity index (χ0) is 25.3. The monoisotopic (exact) mass is 489 g/mol. The van der Waals surface area contributed by atoms with Crippen molar-refractivity contribution in [3.63, 3.8) is 0 Å². The van der Waals surface area contributed by atoms with Gasteiger partial charge in [-0.3, -0.25) is 19.9 Å². The lowest BCUT2D eigenvalue weighted by molar-refractivity contribution is -0.124. The molecule has 0 fully saturated rings. The number of aryl methyl sites for hydroxylation is 1. The fraction of sp³-hybridized carbons (Fsp3) is 0.407. The molecule has 2 heterocycles. The van der Waals surface area contributed by atoms with Crippen molar-refractivity contribution in [2.45, 2.75) is 37.8 Å². The fourth-order valence-electron chi connectivity index (χ4n) is 4.35. The van der Waals surface area contributed by atoms with Crippen LogP contribution in [0.2, 0.25) is 0 Å². The smallest absolute Gasteiger partial charge is 0.257 e. The zero-order valence-electron chi connectivity index (χ0n) is 21.0. The summed E-state index contributed by atoms with van der Waals surface area (Å²) in [6.07, 6.45) is 18.7. The third-order valence-corrected chi connectivity index (χ3v) is 6.24. The molecule has 2 atom stereocenters. The third-order valence-electron chi connectivity index (χ3n) is 6.24. The Morgan fingerprint density at radius 3 is 3.14 bits per heavy atom. The van der Waals surface area contributed by atoms with Gasteiger partial charge in [-0.1, -0.05) is 37.0 Å². The standard InChI is InChI=1S/C27H35N7O2/c1-4-7-19(12-15-36-18-25(35)28-13-14-34(2)3)26-31-24-9-6-5-8-22(24)27(32-26)30-21-10-11-23-20(16-21)17-29-33-23/h4-8,12,15,17,21,24H,1,9-11,13-14,16,18H2,2-3H3,(H,28,35)(H,29,33)(H,30,31,32). The first-order chi connectivity index (χ1) is 17.5. The summed E-state index contributed by atoms with van der Waals surface area (Å²) in [7, 11) is 3.92. The highest BCUT2D eigenvalue weighted by Gasteiger charge is 2.28. The number of H-pyrrole nitrogens is 1. The number of ether oxygens (including phenoxy) is 1. The largest absolute Gasteiger partial charge is 0.491 e. The average molecular weight is 490 g/mol. The van der Waals surface area contributed by atoms with Gasteiger partial charge in [0.15, 0.2) is 6.61 Å². The SMILES string of the molecule is C=CC=C(C=COCC(=O)NCCN(C)C)C1=NC2CC=CC=C2C(=NC2CCc3[nH]ncc3C2)N1. The Balaban J connectivity index is 1.44. The molecule has 0 spiro atoms. The molecule has 0 aromatic carbocycles. The molecule has 9 nitrogen and oxygen atoms in total. The number of nitrogens with one attached hydrogen (secondary N) is 3. The summed E-state index contributed by atoms with van der Waals surface area (Å²) in [4.78, 5) is 24.0.